The van der Waals surface area contributed by atoms with Gasteiger partial charge in [0, 0.05) is 12.6 Å². The number of thioether (sulfide) groups is 1. The molecular formula is C9H20N2O2S. The Labute approximate surface area is 89.6 Å². The molecule has 0 saturated carbocycles. The fraction of sp³-hybridized carbons (Fsp3) is 0.889. The molecule has 4 N–H and O–H groups in total. The predicted octanol–water partition coefficient (Wildman–Crippen LogP) is 0.520. The smallest absolute Gasteiger partial charge is 0.321 e. The van der Waals surface area contributed by atoms with Crippen molar-refractivity contribution < 1.29 is 9.90 Å². The van der Waals surface area contributed by atoms with Crippen LogP contribution in [0.1, 0.15) is 20.3 Å². The SMILES string of the molecule is CCSCCC(C)NCC(N)C(=O)O. The van der Waals surface area contributed by atoms with Crippen molar-refractivity contribution in [2.24, 2.45) is 5.73 Å². The monoisotopic (exact) mass is 220 g/mol. The highest BCUT2D eigenvalue weighted by Gasteiger charge is 2.11. The molecule has 2 unspecified atom stereocenters. The molecule has 0 aliphatic carbocycles. The summed E-state index contributed by atoms with van der Waals surface area (Å²) in [6, 6.07) is -0.462. The zero-order chi connectivity index (χ0) is 11.0. The molecule has 0 amide bonds. The lowest BCUT2D eigenvalue weighted by molar-refractivity contribution is -0.138. The average Bonchev–Trinajstić information content (AvgIpc) is 2.14. The van der Waals surface area contributed by atoms with Crippen LogP contribution in [0.25, 0.3) is 0 Å². The Kier molecular flexibility index (Phi) is 7.93. The van der Waals surface area contributed by atoms with Crippen molar-refractivity contribution in [2.45, 2.75) is 32.4 Å². The number of nitrogens with two attached hydrogens (primary N) is 1. The van der Waals surface area contributed by atoms with E-state index in [1.54, 1.807) is 0 Å². The molecule has 0 aromatic heterocycles. The summed E-state index contributed by atoms with van der Waals surface area (Å²) >= 11 is 1.89. The summed E-state index contributed by atoms with van der Waals surface area (Å²) in [6.07, 6.45) is 1.05. The molecular weight excluding hydrogens is 200 g/mol. The first kappa shape index (κ1) is 13.7. The van der Waals surface area contributed by atoms with Crippen molar-refractivity contribution in [3.63, 3.8) is 0 Å². The van der Waals surface area contributed by atoms with Crippen LogP contribution in [0, 0.1) is 0 Å². The summed E-state index contributed by atoms with van der Waals surface area (Å²) in [5.74, 6) is 1.28. The molecule has 4 nitrogen and oxygen atoms in total. The average molecular weight is 220 g/mol. The lowest BCUT2D eigenvalue weighted by Gasteiger charge is -2.15. The highest BCUT2D eigenvalue weighted by atomic mass is 32.2. The highest BCUT2D eigenvalue weighted by molar-refractivity contribution is 7.99. The third-order valence-electron chi connectivity index (χ3n) is 1.90. The van der Waals surface area contributed by atoms with Crippen LogP contribution < -0.4 is 11.1 Å². The van der Waals surface area contributed by atoms with Crippen LogP contribution in [-0.2, 0) is 4.79 Å². The fourth-order valence-corrected chi connectivity index (χ4v) is 1.73. The van der Waals surface area contributed by atoms with Gasteiger partial charge in [-0.05, 0) is 24.9 Å². The van der Waals surface area contributed by atoms with E-state index in [4.69, 9.17) is 10.8 Å². The third-order valence-corrected chi connectivity index (χ3v) is 2.84. The second kappa shape index (κ2) is 8.08. The second-order valence-electron chi connectivity index (χ2n) is 3.24. The number of aliphatic carboxylic acids is 1. The number of hydrogen-bond donors (Lipinski definition) is 3. The number of hydrogen-bond acceptors (Lipinski definition) is 4. The van der Waals surface area contributed by atoms with E-state index in [0.717, 1.165) is 17.9 Å². The van der Waals surface area contributed by atoms with Crippen LogP contribution in [0.5, 0.6) is 0 Å². The van der Waals surface area contributed by atoms with Crippen LogP contribution in [0.4, 0.5) is 0 Å². The zero-order valence-electron chi connectivity index (χ0n) is 8.82. The van der Waals surface area contributed by atoms with Gasteiger partial charge >= 0.3 is 5.97 Å². The van der Waals surface area contributed by atoms with E-state index >= 15 is 0 Å². The van der Waals surface area contributed by atoms with E-state index in [9.17, 15) is 4.79 Å². The van der Waals surface area contributed by atoms with Crippen LogP contribution in [-0.4, -0.2) is 41.2 Å². The molecule has 0 aromatic carbocycles. The normalized spacial score (nSPS) is 15.1. The molecule has 0 spiro atoms. The van der Waals surface area contributed by atoms with Crippen LogP contribution in [0.3, 0.4) is 0 Å². The molecule has 0 aliphatic rings. The number of nitrogens with one attached hydrogen (secondary N) is 1. The minimum Gasteiger partial charge on any atom is -0.480 e. The quantitative estimate of drug-likeness (QED) is 0.520. The highest BCUT2D eigenvalue weighted by Crippen LogP contribution is 2.03. The van der Waals surface area contributed by atoms with Gasteiger partial charge in [0.2, 0.25) is 0 Å². The van der Waals surface area contributed by atoms with Crippen molar-refractivity contribution in [1.29, 1.82) is 0 Å². The van der Waals surface area contributed by atoms with Gasteiger partial charge in [0.15, 0.2) is 0 Å². The molecule has 0 radical (unpaired) electrons. The van der Waals surface area contributed by atoms with Gasteiger partial charge in [0.1, 0.15) is 6.04 Å². The summed E-state index contributed by atoms with van der Waals surface area (Å²) < 4.78 is 0. The summed E-state index contributed by atoms with van der Waals surface area (Å²) in [4.78, 5) is 10.4. The first-order chi connectivity index (χ1) is 6.57. The molecule has 0 rings (SSSR count). The minimum absolute atomic E-state index is 0.333. The minimum atomic E-state index is -0.951. The maximum absolute atomic E-state index is 10.4. The van der Waals surface area contributed by atoms with Gasteiger partial charge in [-0.1, -0.05) is 6.92 Å². The van der Waals surface area contributed by atoms with Gasteiger partial charge in [-0.3, -0.25) is 4.79 Å². The molecule has 2 atom stereocenters. The first-order valence-corrected chi connectivity index (χ1v) is 6.02. The van der Waals surface area contributed by atoms with Gasteiger partial charge in [0.25, 0.3) is 0 Å². The molecule has 5 heteroatoms. The van der Waals surface area contributed by atoms with Crippen LogP contribution in [0.2, 0.25) is 0 Å². The first-order valence-electron chi connectivity index (χ1n) is 4.87. The predicted molar refractivity (Wildman–Crippen MR) is 60.7 cm³/mol. The Hall–Kier alpha value is -0.260. The van der Waals surface area contributed by atoms with E-state index < -0.39 is 12.0 Å². The topological polar surface area (TPSA) is 75.3 Å². The molecule has 14 heavy (non-hydrogen) atoms. The van der Waals surface area contributed by atoms with E-state index in [0.29, 0.717) is 12.6 Å². The molecule has 0 aliphatic heterocycles. The van der Waals surface area contributed by atoms with E-state index in [1.165, 1.54) is 0 Å². The Morgan fingerprint density at radius 3 is 2.79 bits per heavy atom. The van der Waals surface area contributed by atoms with E-state index in [1.807, 2.05) is 18.7 Å². The molecule has 0 heterocycles. The van der Waals surface area contributed by atoms with Crippen LogP contribution >= 0.6 is 11.8 Å². The number of rotatable bonds is 8. The van der Waals surface area contributed by atoms with Gasteiger partial charge in [-0.15, -0.1) is 0 Å². The largest absolute Gasteiger partial charge is 0.480 e. The number of carboxylic acids is 1. The van der Waals surface area contributed by atoms with Crippen molar-refractivity contribution in [1.82, 2.24) is 5.32 Å². The maximum Gasteiger partial charge on any atom is 0.321 e. The van der Waals surface area contributed by atoms with E-state index in [2.05, 4.69) is 12.2 Å². The molecule has 84 valence electrons. The maximum atomic E-state index is 10.4. The standard InChI is InChI=1S/C9H20N2O2S/c1-3-14-5-4-7(2)11-6-8(10)9(12)13/h7-8,11H,3-6,10H2,1-2H3,(H,12,13). The Morgan fingerprint density at radius 2 is 2.29 bits per heavy atom. The Balaban J connectivity index is 3.43. The Morgan fingerprint density at radius 1 is 1.64 bits per heavy atom. The van der Waals surface area contributed by atoms with E-state index in [-0.39, 0.29) is 0 Å². The van der Waals surface area contributed by atoms with Crippen molar-refractivity contribution in [3.8, 4) is 0 Å². The third kappa shape index (κ3) is 7.17. The zero-order valence-corrected chi connectivity index (χ0v) is 9.64. The van der Waals surface area contributed by atoms with Gasteiger partial charge < -0.3 is 16.2 Å². The Bertz CT molecular complexity index is 167. The van der Waals surface area contributed by atoms with Gasteiger partial charge in [-0.25, -0.2) is 0 Å². The van der Waals surface area contributed by atoms with Gasteiger partial charge in [-0.2, -0.15) is 11.8 Å². The second-order valence-corrected chi connectivity index (χ2v) is 4.63. The summed E-state index contributed by atoms with van der Waals surface area (Å²) in [5, 5.41) is 11.6. The number of carboxylic acid groups (broad SMARTS) is 1. The fourth-order valence-electron chi connectivity index (χ4n) is 0.922. The molecule has 0 aromatic rings. The molecule has 0 fully saturated rings. The molecule has 0 bridgehead atoms. The lowest BCUT2D eigenvalue weighted by atomic mass is 10.2. The van der Waals surface area contributed by atoms with Crippen molar-refractivity contribution >= 4 is 17.7 Å². The van der Waals surface area contributed by atoms with Crippen molar-refractivity contribution in [2.75, 3.05) is 18.1 Å². The van der Waals surface area contributed by atoms with Crippen molar-refractivity contribution in [3.05, 3.63) is 0 Å². The lowest BCUT2D eigenvalue weighted by Crippen LogP contribution is -2.43. The van der Waals surface area contributed by atoms with Crippen LogP contribution in [0.15, 0.2) is 0 Å². The summed E-state index contributed by atoms with van der Waals surface area (Å²) in [5.41, 5.74) is 5.35. The summed E-state index contributed by atoms with van der Waals surface area (Å²) in [7, 11) is 0. The van der Waals surface area contributed by atoms with Gasteiger partial charge in [0.05, 0.1) is 0 Å². The molecule has 0 saturated heterocycles. The number of carbonyl (C=O) groups is 1. The summed E-state index contributed by atoms with van der Waals surface area (Å²) in [6.45, 7) is 4.52.